The van der Waals surface area contributed by atoms with Gasteiger partial charge in [0, 0.05) is 25.1 Å². The zero-order chi connectivity index (χ0) is 16.6. The first-order valence-corrected chi connectivity index (χ1v) is 7.99. The third kappa shape index (κ3) is 2.88. The van der Waals surface area contributed by atoms with Crippen LogP contribution in [0.1, 0.15) is 47.1 Å². The maximum atomic E-state index is 11.8. The molecule has 2 aromatic rings. The smallest absolute Gasteiger partial charge is 0.337 e. The number of aromatic nitrogens is 2. The molecule has 0 atom stereocenters. The molecule has 1 aromatic heterocycles. The molecule has 1 aliphatic rings. The van der Waals surface area contributed by atoms with Crippen LogP contribution in [0.25, 0.3) is 5.69 Å². The van der Waals surface area contributed by atoms with E-state index in [0.29, 0.717) is 11.5 Å². The van der Waals surface area contributed by atoms with Crippen molar-refractivity contribution >= 4 is 5.97 Å². The predicted molar refractivity (Wildman–Crippen MR) is 89.0 cm³/mol. The summed E-state index contributed by atoms with van der Waals surface area (Å²) in [6.45, 7) is 6.30. The van der Waals surface area contributed by atoms with Gasteiger partial charge in [0.2, 0.25) is 0 Å². The van der Waals surface area contributed by atoms with Crippen molar-refractivity contribution in [1.82, 2.24) is 14.7 Å². The molecular formula is C18H23N3O2. The Balaban J connectivity index is 2.10. The lowest BCUT2D eigenvalue weighted by Crippen LogP contribution is -2.27. The summed E-state index contributed by atoms with van der Waals surface area (Å²) in [5, 5.41) is 4.86. The number of benzene rings is 1. The number of carbonyl (C=O) groups is 1. The van der Waals surface area contributed by atoms with Gasteiger partial charge in [-0.05, 0) is 31.2 Å². The van der Waals surface area contributed by atoms with Crippen LogP contribution >= 0.6 is 0 Å². The third-order valence-electron chi connectivity index (χ3n) is 4.34. The summed E-state index contributed by atoms with van der Waals surface area (Å²) in [6, 6.07) is 7.48. The van der Waals surface area contributed by atoms with E-state index < -0.39 is 0 Å². The van der Waals surface area contributed by atoms with Gasteiger partial charge in [0.25, 0.3) is 0 Å². The number of likely N-dealkylation sites (N-methyl/N-ethyl adjacent to an activating group) is 1. The second-order valence-corrected chi connectivity index (χ2v) is 6.41. The molecule has 0 N–H and O–H groups in total. The molecule has 0 fully saturated rings. The first-order chi connectivity index (χ1) is 11.0. The Morgan fingerprint density at radius 3 is 2.83 bits per heavy atom. The number of nitrogens with zero attached hydrogens (tertiary/aromatic N) is 3. The van der Waals surface area contributed by atoms with E-state index in [0.717, 1.165) is 30.9 Å². The maximum Gasteiger partial charge on any atom is 0.337 e. The van der Waals surface area contributed by atoms with Crippen molar-refractivity contribution in [1.29, 1.82) is 0 Å². The number of hydrogen-bond acceptors (Lipinski definition) is 4. The summed E-state index contributed by atoms with van der Waals surface area (Å²) in [5.41, 5.74) is 5.20. The van der Waals surface area contributed by atoms with Gasteiger partial charge in [-0.3, -0.25) is 0 Å². The zero-order valence-electron chi connectivity index (χ0n) is 14.2. The lowest BCUT2D eigenvalue weighted by Gasteiger charge is -2.24. The summed E-state index contributed by atoms with van der Waals surface area (Å²) in [4.78, 5) is 14.1. The predicted octanol–water partition coefficient (Wildman–Crippen LogP) is 2.77. The van der Waals surface area contributed by atoms with Crippen LogP contribution in [-0.2, 0) is 17.7 Å². The quantitative estimate of drug-likeness (QED) is 0.818. The lowest BCUT2D eigenvalue weighted by molar-refractivity contribution is 0.0600. The summed E-state index contributed by atoms with van der Waals surface area (Å²) in [7, 11) is 3.54. The number of fused-ring (bicyclic) bond motifs is 1. The van der Waals surface area contributed by atoms with Crippen molar-refractivity contribution in [3.8, 4) is 5.69 Å². The Bertz CT molecular complexity index is 734. The van der Waals surface area contributed by atoms with Gasteiger partial charge in [0.1, 0.15) is 0 Å². The Morgan fingerprint density at radius 1 is 1.35 bits per heavy atom. The van der Waals surface area contributed by atoms with E-state index in [1.54, 1.807) is 6.07 Å². The highest BCUT2D eigenvalue weighted by Crippen LogP contribution is 2.29. The molecule has 2 heterocycles. The van der Waals surface area contributed by atoms with Crippen LogP contribution in [0, 0.1) is 0 Å². The average Bonchev–Trinajstić information content (AvgIpc) is 2.93. The standard InChI is InChI=1S/C18H23N3O2/c1-12(2)17-15-11-20(3)9-8-16(15)21(19-17)14-7-5-6-13(10-14)18(22)23-4/h5-7,10,12H,8-9,11H2,1-4H3. The van der Waals surface area contributed by atoms with Crippen molar-refractivity contribution in [2.24, 2.45) is 0 Å². The molecule has 23 heavy (non-hydrogen) atoms. The molecule has 0 unspecified atom stereocenters. The Morgan fingerprint density at radius 2 is 2.13 bits per heavy atom. The largest absolute Gasteiger partial charge is 0.465 e. The second-order valence-electron chi connectivity index (χ2n) is 6.41. The van der Waals surface area contributed by atoms with Gasteiger partial charge < -0.3 is 9.64 Å². The topological polar surface area (TPSA) is 47.4 Å². The molecule has 5 heteroatoms. The molecule has 0 amide bonds. The number of methoxy groups -OCH3 is 1. The normalized spacial score (nSPS) is 14.8. The Hall–Kier alpha value is -2.14. The first-order valence-electron chi connectivity index (χ1n) is 7.99. The fourth-order valence-corrected chi connectivity index (χ4v) is 3.14. The molecule has 122 valence electrons. The lowest BCUT2D eigenvalue weighted by atomic mass is 9.99. The van der Waals surface area contributed by atoms with Crippen LogP contribution in [0.5, 0.6) is 0 Å². The van der Waals surface area contributed by atoms with E-state index in [-0.39, 0.29) is 5.97 Å². The molecule has 0 radical (unpaired) electrons. The van der Waals surface area contributed by atoms with E-state index in [1.165, 1.54) is 18.4 Å². The van der Waals surface area contributed by atoms with Crippen LogP contribution in [0.4, 0.5) is 0 Å². The fourth-order valence-electron chi connectivity index (χ4n) is 3.14. The minimum atomic E-state index is -0.323. The van der Waals surface area contributed by atoms with Gasteiger partial charge >= 0.3 is 5.97 Å². The zero-order valence-corrected chi connectivity index (χ0v) is 14.2. The Labute approximate surface area is 136 Å². The molecule has 1 aliphatic heterocycles. The van der Waals surface area contributed by atoms with E-state index in [9.17, 15) is 4.79 Å². The number of hydrogen-bond donors (Lipinski definition) is 0. The minimum absolute atomic E-state index is 0.323. The molecule has 0 aliphatic carbocycles. The highest BCUT2D eigenvalue weighted by atomic mass is 16.5. The number of esters is 1. The minimum Gasteiger partial charge on any atom is -0.465 e. The number of rotatable bonds is 3. The van der Waals surface area contributed by atoms with Crippen molar-refractivity contribution in [3.63, 3.8) is 0 Å². The average molecular weight is 313 g/mol. The van der Waals surface area contributed by atoms with Crippen LogP contribution in [0.15, 0.2) is 24.3 Å². The summed E-state index contributed by atoms with van der Waals surface area (Å²) >= 11 is 0. The molecule has 1 aromatic carbocycles. The summed E-state index contributed by atoms with van der Waals surface area (Å²) in [5.74, 6) is 0.0528. The van der Waals surface area contributed by atoms with Crippen molar-refractivity contribution in [2.45, 2.75) is 32.7 Å². The highest BCUT2D eigenvalue weighted by molar-refractivity contribution is 5.89. The second kappa shape index (κ2) is 6.16. The fraction of sp³-hybridized carbons (Fsp3) is 0.444. The SMILES string of the molecule is COC(=O)c1cccc(-n2nc(C(C)C)c3c2CCN(C)C3)c1. The molecule has 0 spiro atoms. The molecule has 0 bridgehead atoms. The van der Waals surface area contributed by atoms with Gasteiger partial charge in [-0.1, -0.05) is 19.9 Å². The van der Waals surface area contributed by atoms with Crippen LogP contribution in [0.3, 0.4) is 0 Å². The van der Waals surface area contributed by atoms with Crippen LogP contribution < -0.4 is 0 Å². The monoisotopic (exact) mass is 313 g/mol. The third-order valence-corrected chi connectivity index (χ3v) is 4.34. The highest BCUT2D eigenvalue weighted by Gasteiger charge is 2.25. The summed E-state index contributed by atoms with van der Waals surface area (Å²) in [6.07, 6.45) is 0.966. The van der Waals surface area contributed by atoms with Gasteiger partial charge in [0.15, 0.2) is 0 Å². The van der Waals surface area contributed by atoms with Crippen LogP contribution in [0.2, 0.25) is 0 Å². The van der Waals surface area contributed by atoms with E-state index >= 15 is 0 Å². The van der Waals surface area contributed by atoms with E-state index in [1.807, 2.05) is 22.9 Å². The maximum absolute atomic E-state index is 11.8. The van der Waals surface area contributed by atoms with E-state index in [2.05, 4.69) is 25.8 Å². The van der Waals surface area contributed by atoms with Gasteiger partial charge in [0.05, 0.1) is 29.7 Å². The molecule has 3 rings (SSSR count). The van der Waals surface area contributed by atoms with Gasteiger partial charge in [-0.25, -0.2) is 9.48 Å². The molecule has 0 saturated heterocycles. The Kier molecular flexibility index (Phi) is 4.22. The van der Waals surface area contributed by atoms with Crippen molar-refractivity contribution < 1.29 is 9.53 Å². The van der Waals surface area contributed by atoms with Gasteiger partial charge in [-0.15, -0.1) is 0 Å². The van der Waals surface area contributed by atoms with Crippen molar-refractivity contribution in [2.75, 3.05) is 20.7 Å². The molecule has 0 saturated carbocycles. The molecular weight excluding hydrogens is 290 g/mol. The van der Waals surface area contributed by atoms with E-state index in [4.69, 9.17) is 9.84 Å². The molecule has 5 nitrogen and oxygen atoms in total. The number of ether oxygens (including phenoxy) is 1. The summed E-state index contributed by atoms with van der Waals surface area (Å²) < 4.78 is 6.83. The van der Waals surface area contributed by atoms with Gasteiger partial charge in [-0.2, -0.15) is 5.10 Å². The van der Waals surface area contributed by atoms with Crippen molar-refractivity contribution in [3.05, 3.63) is 46.8 Å². The first kappa shape index (κ1) is 15.7. The number of carbonyl (C=O) groups excluding carboxylic acids is 1. The van der Waals surface area contributed by atoms with Crippen LogP contribution in [-0.4, -0.2) is 41.4 Å².